The van der Waals surface area contributed by atoms with E-state index in [9.17, 15) is 30.7 Å². The van der Waals surface area contributed by atoms with E-state index in [1.54, 1.807) is 0 Å². The van der Waals surface area contributed by atoms with Crippen molar-refractivity contribution in [2.75, 3.05) is 6.61 Å². The first kappa shape index (κ1) is 28.2. The number of benzene rings is 3. The zero-order valence-corrected chi connectivity index (χ0v) is 21.5. The normalized spacial score (nSPS) is 21.1. The molecule has 0 amide bonds. The van der Waals surface area contributed by atoms with Crippen molar-refractivity contribution in [1.82, 2.24) is 0 Å². The number of ether oxygens (including phenoxy) is 2. The Labute approximate surface area is 225 Å². The molecule has 2 nitrogen and oxygen atoms in total. The van der Waals surface area contributed by atoms with Crippen molar-refractivity contribution in [2.45, 2.75) is 51.6 Å². The van der Waals surface area contributed by atoms with E-state index >= 15 is 4.39 Å². The number of hydrogen-bond acceptors (Lipinski definition) is 2. The molecular formula is C30H26F8O2. The van der Waals surface area contributed by atoms with Crippen LogP contribution in [0.5, 0.6) is 11.5 Å². The summed E-state index contributed by atoms with van der Waals surface area (Å²) in [7, 11) is 0. The summed E-state index contributed by atoms with van der Waals surface area (Å²) < 4.78 is 124. The molecule has 0 saturated heterocycles. The molecule has 1 saturated carbocycles. The van der Waals surface area contributed by atoms with E-state index in [2.05, 4.69) is 11.7 Å². The minimum atomic E-state index is -4.74. The highest BCUT2D eigenvalue weighted by Crippen LogP contribution is 2.42. The van der Waals surface area contributed by atoms with Crippen LogP contribution in [0.15, 0.2) is 36.4 Å². The zero-order valence-electron chi connectivity index (χ0n) is 21.5. The first-order valence-corrected chi connectivity index (χ1v) is 13.1. The van der Waals surface area contributed by atoms with Gasteiger partial charge in [0.15, 0.2) is 17.5 Å². The third kappa shape index (κ3) is 5.49. The van der Waals surface area contributed by atoms with Gasteiger partial charge in [0.1, 0.15) is 34.5 Å². The SMILES string of the molecule is CC[C@H]1CC[C@H](C2COc3cc(-c4cc(F)c(C(F)(F)Oc5cc(F)c(F)c(F)c5)c(F)c4)c(F)cc3C2)CC1. The lowest BCUT2D eigenvalue weighted by atomic mass is 9.73. The average molecular weight is 571 g/mol. The standard InChI is InChI=1S/C30H26F8O2/c1-2-15-3-5-16(6-4-15)19-7-18-10-22(31)21(13-27(18)39-14-19)17-8-23(32)28(24(33)9-17)30(37,38)40-20-11-25(34)29(36)26(35)12-20/h8-13,15-16,19H,2-7,14H2,1H3/t15-,16-,19?. The van der Waals surface area contributed by atoms with Crippen molar-refractivity contribution in [3.63, 3.8) is 0 Å². The van der Waals surface area contributed by atoms with Crippen molar-refractivity contribution in [1.29, 1.82) is 0 Å². The van der Waals surface area contributed by atoms with Gasteiger partial charge in [0.05, 0.1) is 6.61 Å². The van der Waals surface area contributed by atoms with Gasteiger partial charge < -0.3 is 9.47 Å². The third-order valence-corrected chi connectivity index (χ3v) is 8.07. The molecule has 1 aliphatic carbocycles. The van der Waals surface area contributed by atoms with Crippen molar-refractivity contribution in [3.05, 3.63) is 82.4 Å². The number of fused-ring (bicyclic) bond motifs is 1. The zero-order chi connectivity index (χ0) is 28.8. The quantitative estimate of drug-likeness (QED) is 0.217. The van der Waals surface area contributed by atoms with Crippen LogP contribution >= 0.6 is 0 Å². The number of rotatable bonds is 6. The highest BCUT2D eigenvalue weighted by molar-refractivity contribution is 5.68. The highest BCUT2D eigenvalue weighted by Gasteiger charge is 2.42. The fourth-order valence-electron chi connectivity index (χ4n) is 5.82. The predicted octanol–water partition coefficient (Wildman–Crippen LogP) is 9.08. The molecule has 10 heteroatoms. The van der Waals surface area contributed by atoms with E-state index < -0.39 is 52.3 Å². The number of hydrogen-bond donors (Lipinski definition) is 0. The lowest BCUT2D eigenvalue weighted by Gasteiger charge is -2.36. The molecule has 1 atom stereocenters. The fourth-order valence-corrected chi connectivity index (χ4v) is 5.82. The van der Waals surface area contributed by atoms with Gasteiger partial charge in [0, 0.05) is 17.7 Å². The Morgan fingerprint density at radius 2 is 1.40 bits per heavy atom. The molecule has 3 aromatic carbocycles. The van der Waals surface area contributed by atoms with E-state index in [4.69, 9.17) is 4.74 Å². The van der Waals surface area contributed by atoms with Crippen LogP contribution in [0.3, 0.4) is 0 Å². The maximum absolute atomic E-state index is 15.1. The molecule has 40 heavy (non-hydrogen) atoms. The topological polar surface area (TPSA) is 18.5 Å². The summed E-state index contributed by atoms with van der Waals surface area (Å²) >= 11 is 0. The second-order valence-electron chi connectivity index (χ2n) is 10.5. The third-order valence-electron chi connectivity index (χ3n) is 8.07. The molecule has 1 unspecified atom stereocenters. The molecule has 2 aliphatic rings. The summed E-state index contributed by atoms with van der Waals surface area (Å²) in [6.07, 6.45) is 1.51. The molecule has 214 valence electrons. The lowest BCUT2D eigenvalue weighted by Crippen LogP contribution is -2.30. The predicted molar refractivity (Wildman–Crippen MR) is 131 cm³/mol. The van der Waals surface area contributed by atoms with Crippen molar-refractivity contribution in [3.8, 4) is 22.6 Å². The van der Waals surface area contributed by atoms with E-state index in [0.717, 1.165) is 38.0 Å². The van der Waals surface area contributed by atoms with E-state index in [-0.39, 0.29) is 29.2 Å². The average Bonchev–Trinajstić information content (AvgIpc) is 2.90. The molecular weight excluding hydrogens is 544 g/mol. The molecule has 5 rings (SSSR count). The number of alkyl halides is 2. The molecule has 0 aromatic heterocycles. The van der Waals surface area contributed by atoms with Crippen LogP contribution in [0.4, 0.5) is 35.1 Å². The Hall–Kier alpha value is -3.30. The Balaban J connectivity index is 1.38. The van der Waals surface area contributed by atoms with Crippen molar-refractivity contribution >= 4 is 0 Å². The minimum Gasteiger partial charge on any atom is -0.493 e. The Bertz CT molecular complexity index is 1370. The first-order valence-electron chi connectivity index (χ1n) is 13.1. The van der Waals surface area contributed by atoms with Gasteiger partial charge in [0.2, 0.25) is 0 Å². The van der Waals surface area contributed by atoms with Crippen LogP contribution < -0.4 is 9.47 Å². The van der Waals surface area contributed by atoms with Crippen molar-refractivity contribution < 1.29 is 44.6 Å². The van der Waals surface area contributed by atoms with E-state index in [1.807, 2.05) is 0 Å². The Morgan fingerprint density at radius 3 is 2.00 bits per heavy atom. The molecule has 0 radical (unpaired) electrons. The minimum absolute atomic E-state index is 0.111. The van der Waals surface area contributed by atoms with Crippen LogP contribution in [-0.4, -0.2) is 6.61 Å². The molecule has 1 aliphatic heterocycles. The van der Waals surface area contributed by atoms with Gasteiger partial charge in [-0.15, -0.1) is 0 Å². The summed E-state index contributed by atoms with van der Waals surface area (Å²) in [5.74, 6) is -9.37. The van der Waals surface area contributed by atoms with Gasteiger partial charge in [0.25, 0.3) is 0 Å². The van der Waals surface area contributed by atoms with Gasteiger partial charge in [-0.2, -0.15) is 8.78 Å². The van der Waals surface area contributed by atoms with Gasteiger partial charge in [-0.3, -0.25) is 0 Å². The van der Waals surface area contributed by atoms with Crippen LogP contribution in [0.25, 0.3) is 11.1 Å². The van der Waals surface area contributed by atoms with E-state index in [0.29, 0.717) is 42.4 Å². The van der Waals surface area contributed by atoms with Gasteiger partial charge in [-0.05, 0) is 72.4 Å². The summed E-state index contributed by atoms with van der Waals surface area (Å²) in [5.41, 5.74) is -1.85. The number of halogens is 8. The second-order valence-corrected chi connectivity index (χ2v) is 10.5. The monoisotopic (exact) mass is 570 g/mol. The van der Waals surface area contributed by atoms with E-state index in [1.165, 1.54) is 12.1 Å². The summed E-state index contributed by atoms with van der Waals surface area (Å²) in [6, 6.07) is 3.77. The maximum atomic E-state index is 15.1. The van der Waals surface area contributed by atoms with Crippen LogP contribution in [0, 0.1) is 52.7 Å². The van der Waals surface area contributed by atoms with Crippen LogP contribution in [0.2, 0.25) is 0 Å². The molecule has 3 aromatic rings. The Morgan fingerprint density at radius 1 is 0.775 bits per heavy atom. The summed E-state index contributed by atoms with van der Waals surface area (Å²) in [5, 5.41) is 0. The summed E-state index contributed by atoms with van der Waals surface area (Å²) in [4.78, 5) is 0. The first-order chi connectivity index (χ1) is 19.0. The van der Waals surface area contributed by atoms with Gasteiger partial charge in [-0.1, -0.05) is 26.2 Å². The molecule has 0 N–H and O–H groups in total. The smallest absolute Gasteiger partial charge is 0.432 e. The largest absolute Gasteiger partial charge is 0.493 e. The fraction of sp³-hybridized carbons (Fsp3) is 0.400. The molecule has 0 bridgehead atoms. The van der Waals surface area contributed by atoms with Gasteiger partial charge in [-0.25, -0.2) is 26.3 Å². The molecule has 1 fully saturated rings. The second kappa shape index (κ2) is 10.9. The summed E-state index contributed by atoms with van der Waals surface area (Å²) in [6.45, 7) is 2.61. The Kier molecular flexibility index (Phi) is 7.72. The maximum Gasteiger partial charge on any atom is 0.432 e. The van der Waals surface area contributed by atoms with Crippen LogP contribution in [-0.2, 0) is 12.5 Å². The lowest BCUT2D eigenvalue weighted by molar-refractivity contribution is -0.189. The van der Waals surface area contributed by atoms with Gasteiger partial charge >= 0.3 is 6.11 Å². The highest BCUT2D eigenvalue weighted by atomic mass is 19.3. The van der Waals surface area contributed by atoms with Crippen molar-refractivity contribution in [2.24, 2.45) is 17.8 Å². The van der Waals surface area contributed by atoms with Crippen LogP contribution in [0.1, 0.15) is 50.2 Å². The molecule has 1 heterocycles. The molecule has 0 spiro atoms.